The molecule has 2 amide bonds. The van der Waals surface area contributed by atoms with Crippen LogP contribution in [0, 0.1) is 0 Å². The molecule has 6 rings (SSSR count). The van der Waals surface area contributed by atoms with Gasteiger partial charge in [-0.05, 0) is 99.9 Å². The van der Waals surface area contributed by atoms with E-state index in [4.69, 9.17) is 32.7 Å². The summed E-state index contributed by atoms with van der Waals surface area (Å²) in [6, 6.07) is 20.6. The number of rotatable bonds is 14. The number of halogens is 2. The summed E-state index contributed by atoms with van der Waals surface area (Å²) < 4.78 is 12.0. The minimum atomic E-state index is -1.02. The Morgan fingerprint density at radius 1 is 0.644 bits per heavy atom. The number of carboxylic acid groups (broad SMARTS) is 2. The first-order chi connectivity index (χ1) is 28.5. The molecule has 0 radical (unpaired) electrons. The van der Waals surface area contributed by atoms with E-state index < -0.39 is 35.8 Å². The van der Waals surface area contributed by atoms with Crippen LogP contribution in [-0.2, 0) is 19.2 Å². The molecule has 4 aromatic carbocycles. The van der Waals surface area contributed by atoms with E-state index in [9.17, 15) is 29.4 Å². The summed E-state index contributed by atoms with van der Waals surface area (Å²) in [5.41, 5.74) is 3.90. The molecule has 2 saturated heterocycles. The average Bonchev–Trinajstić information content (AvgIpc) is 3.24. The fraction of sp³-hybridized carbons (Fsp3) is 0.304. The van der Waals surface area contributed by atoms with Crippen LogP contribution >= 0.6 is 35.0 Å². The van der Waals surface area contributed by atoms with Crippen molar-refractivity contribution in [1.29, 1.82) is 0 Å². The molecular weight excluding hydrogens is 811 g/mol. The summed E-state index contributed by atoms with van der Waals surface area (Å²) in [7, 11) is 0. The van der Waals surface area contributed by atoms with Gasteiger partial charge in [0.2, 0.25) is 11.8 Å². The highest BCUT2D eigenvalue weighted by Gasteiger charge is 2.32. The van der Waals surface area contributed by atoms with Gasteiger partial charge in [0.15, 0.2) is 0 Å². The second kappa shape index (κ2) is 20.2. The molecule has 308 valence electrons. The number of aliphatic carboxylic acids is 2. The van der Waals surface area contributed by atoms with Crippen LogP contribution in [0.1, 0.15) is 63.5 Å². The van der Waals surface area contributed by atoms with Crippen molar-refractivity contribution < 1.29 is 38.9 Å². The van der Waals surface area contributed by atoms with E-state index in [2.05, 4.69) is 0 Å². The van der Waals surface area contributed by atoms with Crippen molar-refractivity contribution in [2.45, 2.75) is 74.2 Å². The molecule has 0 aliphatic carbocycles. The van der Waals surface area contributed by atoms with Gasteiger partial charge >= 0.3 is 11.9 Å². The summed E-state index contributed by atoms with van der Waals surface area (Å²) in [5, 5.41) is 20.3. The van der Waals surface area contributed by atoms with Gasteiger partial charge < -0.3 is 29.5 Å². The number of carboxylic acids is 2. The average molecular weight is 858 g/mol. The number of benzene rings is 4. The van der Waals surface area contributed by atoms with Gasteiger partial charge in [-0.3, -0.25) is 9.59 Å². The Bertz CT molecular complexity index is 2120. The number of ether oxygens (including phenoxy) is 2. The lowest BCUT2D eigenvalue weighted by atomic mass is 9.97. The first-order valence-corrected chi connectivity index (χ1v) is 21.3. The standard InChI is InChI=1S/C46H46Cl2N2O8S/c1-3-57-35-17-7-5-13-31(35)41-29(21-25-39(51)49-27-11-9-15-33(49)45(53)54)19-23-37(43(41)47)59-38-24-20-30(22-26-40(52)50-28-12-10-16-34(50)46(55)56)42(44(38)48)32-14-6-8-18-36(32)58-4-2/h5-8,13-14,17-26,33-34H,3-4,9-12,15-16,27-28H2,1-2H3,(H,53,54)(H,55,56). The van der Waals surface area contributed by atoms with Gasteiger partial charge in [0.05, 0.1) is 23.3 Å². The van der Waals surface area contributed by atoms with Crippen LogP contribution in [0.25, 0.3) is 34.4 Å². The molecule has 2 aliphatic rings. The van der Waals surface area contributed by atoms with E-state index >= 15 is 0 Å². The Kier molecular flexibility index (Phi) is 14.8. The van der Waals surface area contributed by atoms with E-state index in [-0.39, 0.29) is 0 Å². The smallest absolute Gasteiger partial charge is 0.326 e. The highest BCUT2D eigenvalue weighted by atomic mass is 35.5. The number of amides is 2. The molecule has 2 heterocycles. The highest BCUT2D eigenvalue weighted by Crippen LogP contribution is 2.48. The number of hydrogen-bond acceptors (Lipinski definition) is 7. The summed E-state index contributed by atoms with van der Waals surface area (Å²) in [6.45, 7) is 5.32. The summed E-state index contributed by atoms with van der Waals surface area (Å²) in [4.78, 5) is 54.9. The maximum absolute atomic E-state index is 13.4. The minimum absolute atomic E-state index is 0.364. The largest absolute Gasteiger partial charge is 0.493 e. The number of nitrogens with zero attached hydrogens (tertiary/aromatic N) is 2. The molecule has 13 heteroatoms. The van der Waals surface area contributed by atoms with Crippen LogP contribution in [0.3, 0.4) is 0 Å². The molecule has 0 saturated carbocycles. The monoisotopic (exact) mass is 856 g/mol. The van der Waals surface area contributed by atoms with Crippen molar-refractivity contribution in [1.82, 2.24) is 9.80 Å². The summed E-state index contributed by atoms with van der Waals surface area (Å²) in [6.07, 6.45) is 9.89. The molecule has 2 unspecified atom stereocenters. The number of likely N-dealkylation sites (tertiary alicyclic amines) is 2. The Hall–Kier alpha value is -5.23. The zero-order valence-electron chi connectivity index (χ0n) is 32.9. The molecule has 0 spiro atoms. The Balaban J connectivity index is 1.42. The van der Waals surface area contributed by atoms with E-state index in [1.165, 1.54) is 33.7 Å². The lowest BCUT2D eigenvalue weighted by Crippen LogP contribution is -2.47. The predicted molar refractivity (Wildman–Crippen MR) is 232 cm³/mol. The zero-order chi connectivity index (χ0) is 42.1. The summed E-state index contributed by atoms with van der Waals surface area (Å²) >= 11 is 16.1. The molecule has 2 atom stereocenters. The fourth-order valence-corrected chi connectivity index (χ4v) is 9.24. The Morgan fingerprint density at radius 2 is 1.05 bits per heavy atom. The van der Waals surface area contributed by atoms with Gasteiger partial charge in [-0.15, -0.1) is 0 Å². The van der Waals surface area contributed by atoms with Crippen LogP contribution in [0.5, 0.6) is 11.5 Å². The van der Waals surface area contributed by atoms with E-state index in [0.29, 0.717) is 104 Å². The van der Waals surface area contributed by atoms with Gasteiger partial charge in [0.1, 0.15) is 23.6 Å². The number of para-hydroxylation sites is 2. The molecule has 4 aromatic rings. The zero-order valence-corrected chi connectivity index (χ0v) is 35.2. The van der Waals surface area contributed by atoms with E-state index in [0.717, 1.165) is 25.7 Å². The number of carbonyl (C=O) groups is 4. The number of carbonyl (C=O) groups excluding carboxylic acids is 2. The van der Waals surface area contributed by atoms with Crippen LogP contribution in [0.4, 0.5) is 0 Å². The topological polar surface area (TPSA) is 134 Å². The van der Waals surface area contributed by atoms with Crippen molar-refractivity contribution in [2.75, 3.05) is 26.3 Å². The highest BCUT2D eigenvalue weighted by molar-refractivity contribution is 7.99. The summed E-state index contributed by atoms with van der Waals surface area (Å²) in [5.74, 6) is -1.63. The molecule has 2 aliphatic heterocycles. The maximum atomic E-state index is 13.4. The first kappa shape index (κ1) is 43.4. The van der Waals surface area contributed by atoms with Gasteiger partial charge in [-0.25, -0.2) is 9.59 Å². The van der Waals surface area contributed by atoms with Gasteiger partial charge in [-0.1, -0.05) is 83.5 Å². The van der Waals surface area contributed by atoms with E-state index in [1.807, 2.05) is 86.6 Å². The second-order valence-electron chi connectivity index (χ2n) is 14.1. The lowest BCUT2D eigenvalue weighted by molar-refractivity contribution is -0.150. The van der Waals surface area contributed by atoms with Crippen LogP contribution in [0.15, 0.2) is 94.7 Å². The second-order valence-corrected chi connectivity index (χ2v) is 15.9. The normalized spacial score (nSPS) is 17.0. The van der Waals surface area contributed by atoms with Gasteiger partial charge in [-0.2, -0.15) is 0 Å². The molecule has 2 fully saturated rings. The quantitative estimate of drug-likeness (QED) is 0.119. The fourth-order valence-electron chi connectivity index (χ4n) is 7.57. The first-order valence-electron chi connectivity index (χ1n) is 19.7. The van der Waals surface area contributed by atoms with Gasteiger partial charge in [0, 0.05) is 57.3 Å². The van der Waals surface area contributed by atoms with E-state index in [1.54, 1.807) is 12.2 Å². The third-order valence-electron chi connectivity index (χ3n) is 10.4. The molecular formula is C46H46Cl2N2O8S. The van der Waals surface area contributed by atoms with Crippen LogP contribution < -0.4 is 9.47 Å². The van der Waals surface area contributed by atoms with Gasteiger partial charge in [0.25, 0.3) is 0 Å². The van der Waals surface area contributed by atoms with Crippen LogP contribution in [0.2, 0.25) is 10.0 Å². The SMILES string of the molecule is CCOc1ccccc1-c1c(C=CC(=O)N2CCCCC2C(=O)O)ccc(Sc2ccc(C=CC(=O)N3CCCCC3C(=O)O)c(-c3ccccc3OCC)c2Cl)c1Cl. The third-order valence-corrected chi connectivity index (χ3v) is 12.5. The Morgan fingerprint density at radius 3 is 1.44 bits per heavy atom. The maximum Gasteiger partial charge on any atom is 0.326 e. The lowest BCUT2D eigenvalue weighted by Gasteiger charge is -2.32. The molecule has 0 bridgehead atoms. The number of piperidine rings is 2. The van der Waals surface area contributed by atoms with Crippen molar-refractivity contribution in [2.24, 2.45) is 0 Å². The van der Waals surface area contributed by atoms with Crippen molar-refractivity contribution >= 4 is 70.9 Å². The minimum Gasteiger partial charge on any atom is -0.493 e. The third kappa shape index (κ3) is 9.98. The molecule has 10 nitrogen and oxygen atoms in total. The predicted octanol–water partition coefficient (Wildman–Crippen LogP) is 10.2. The number of hydrogen-bond donors (Lipinski definition) is 2. The molecule has 59 heavy (non-hydrogen) atoms. The molecule has 2 N–H and O–H groups in total. The van der Waals surface area contributed by atoms with Crippen LogP contribution in [-0.4, -0.2) is 82.2 Å². The molecule has 0 aromatic heterocycles. The van der Waals surface area contributed by atoms with Crippen molar-refractivity contribution in [3.05, 3.63) is 106 Å². The Labute approximate surface area is 358 Å². The van der Waals surface area contributed by atoms with Crippen molar-refractivity contribution in [3.63, 3.8) is 0 Å². The van der Waals surface area contributed by atoms with Crippen molar-refractivity contribution in [3.8, 4) is 33.8 Å².